The number of anilines is 3. The van der Waals surface area contributed by atoms with Crippen LogP contribution in [-0.2, 0) is 16.5 Å². The van der Waals surface area contributed by atoms with E-state index in [0.29, 0.717) is 11.1 Å². The second-order valence-electron chi connectivity index (χ2n) is 6.25. The molecule has 1 saturated heterocycles. The largest absolute Gasteiger partial charge is 0.421 e. The van der Waals surface area contributed by atoms with Crippen LogP contribution < -0.4 is 10.6 Å². The normalized spacial score (nSPS) is 24.0. The van der Waals surface area contributed by atoms with Crippen LogP contribution in [0.25, 0.3) is 0 Å². The summed E-state index contributed by atoms with van der Waals surface area (Å²) < 4.78 is 87.0. The quantitative estimate of drug-likeness (QED) is 0.798. The molecule has 0 radical (unpaired) electrons. The molecular weight excluding hydrogens is 375 g/mol. The second kappa shape index (κ2) is 6.95. The summed E-state index contributed by atoms with van der Waals surface area (Å²) in [5.41, 5.74) is -3.00. The van der Waals surface area contributed by atoms with Crippen LogP contribution in [0.2, 0.25) is 0 Å². The van der Waals surface area contributed by atoms with E-state index in [1.807, 2.05) is 0 Å². The maximum Gasteiger partial charge on any atom is 0.421 e. The minimum absolute atomic E-state index is 0.131. The number of carbonyl (C=O) groups is 1. The lowest BCUT2D eigenvalue weighted by molar-refractivity contribution is -0.137. The van der Waals surface area contributed by atoms with Crippen molar-refractivity contribution >= 4 is 23.4 Å². The number of rotatable bonds is 5. The van der Waals surface area contributed by atoms with Crippen LogP contribution in [0.5, 0.6) is 0 Å². The molecule has 1 fully saturated rings. The van der Waals surface area contributed by atoms with Gasteiger partial charge in [0, 0.05) is 34.5 Å². The minimum Gasteiger partial charge on any atom is -0.370 e. The van der Waals surface area contributed by atoms with Gasteiger partial charge in [-0.25, -0.2) is 4.98 Å². The zero-order valence-electron chi connectivity index (χ0n) is 21.1. The lowest BCUT2D eigenvalue weighted by Gasteiger charge is -2.22. The standard InChI is InChI=1S/C17H22F3N7O/c1-5-21-13-11(17(18,19)20)8-22-15(24-13)23-12-9-27(25-10(12)2)16(3)6-7-26(4)14(16)28/h8-9H,5-7H2,1-4H3,(H2,21,22,23,24)/i3D3,4D3. The Labute approximate surface area is 168 Å². The monoisotopic (exact) mass is 403 g/mol. The summed E-state index contributed by atoms with van der Waals surface area (Å²) >= 11 is 0. The average Bonchev–Trinajstić information content (AvgIpc) is 3.21. The van der Waals surface area contributed by atoms with Gasteiger partial charge in [0.1, 0.15) is 16.9 Å². The molecule has 3 heterocycles. The van der Waals surface area contributed by atoms with Gasteiger partial charge >= 0.3 is 6.18 Å². The predicted octanol–water partition coefficient (Wildman–Crippen LogP) is 2.75. The lowest BCUT2D eigenvalue weighted by atomic mass is 10.0. The first-order valence-electron chi connectivity index (χ1n) is 11.4. The summed E-state index contributed by atoms with van der Waals surface area (Å²) in [5.74, 6) is -1.80. The summed E-state index contributed by atoms with van der Waals surface area (Å²) in [5, 5.41) is 9.32. The average molecular weight is 403 g/mol. The van der Waals surface area contributed by atoms with Crippen molar-refractivity contribution in [2.75, 3.05) is 30.7 Å². The summed E-state index contributed by atoms with van der Waals surface area (Å²) in [7, 11) is 0. The molecule has 0 aromatic carbocycles. The molecule has 1 amide bonds. The third-order valence-corrected chi connectivity index (χ3v) is 4.27. The topological polar surface area (TPSA) is 88.0 Å². The first kappa shape index (κ1) is 13.3. The zero-order chi connectivity index (χ0) is 25.7. The van der Waals surface area contributed by atoms with E-state index in [9.17, 15) is 18.0 Å². The van der Waals surface area contributed by atoms with E-state index in [1.54, 1.807) is 6.92 Å². The molecule has 0 spiro atoms. The van der Waals surface area contributed by atoms with Crippen molar-refractivity contribution in [1.82, 2.24) is 24.6 Å². The fourth-order valence-electron chi connectivity index (χ4n) is 2.77. The number of carbonyl (C=O) groups excluding carboxylic acids is 1. The molecule has 1 aliphatic heterocycles. The molecule has 1 aliphatic rings. The second-order valence-corrected chi connectivity index (χ2v) is 6.25. The summed E-state index contributed by atoms with van der Waals surface area (Å²) in [4.78, 5) is 21.1. The number of alkyl halides is 3. The number of aromatic nitrogens is 4. The molecule has 2 aromatic rings. The van der Waals surface area contributed by atoms with Gasteiger partial charge in [-0.1, -0.05) is 0 Å². The first-order valence-corrected chi connectivity index (χ1v) is 8.36. The molecule has 1 atom stereocenters. The van der Waals surface area contributed by atoms with Gasteiger partial charge in [-0.05, 0) is 27.1 Å². The van der Waals surface area contributed by atoms with E-state index in [4.69, 9.17) is 8.22 Å². The van der Waals surface area contributed by atoms with Crippen LogP contribution >= 0.6 is 0 Å². The third-order valence-electron chi connectivity index (χ3n) is 4.27. The number of halogens is 3. The van der Waals surface area contributed by atoms with Gasteiger partial charge in [-0.2, -0.15) is 23.3 Å². The van der Waals surface area contributed by atoms with E-state index < -0.39 is 42.8 Å². The summed E-state index contributed by atoms with van der Waals surface area (Å²) in [6.45, 7) is -2.85. The Morgan fingerprint density at radius 1 is 1.43 bits per heavy atom. The maximum atomic E-state index is 13.2. The number of aryl methyl sites for hydroxylation is 1. The molecule has 2 aromatic heterocycles. The van der Waals surface area contributed by atoms with Gasteiger partial charge in [0.2, 0.25) is 11.9 Å². The van der Waals surface area contributed by atoms with Crippen LogP contribution in [0.15, 0.2) is 12.4 Å². The highest BCUT2D eigenvalue weighted by molar-refractivity contribution is 5.86. The fraction of sp³-hybridized carbons (Fsp3) is 0.529. The number of likely N-dealkylation sites (N-methyl/N-ethyl adjacent to an activating group) is 1. The highest BCUT2D eigenvalue weighted by atomic mass is 19.4. The molecule has 3 rings (SSSR count). The predicted molar refractivity (Wildman–Crippen MR) is 97.3 cm³/mol. The van der Waals surface area contributed by atoms with Gasteiger partial charge in [-0.3, -0.25) is 9.48 Å². The van der Waals surface area contributed by atoms with Crippen molar-refractivity contribution in [3.63, 3.8) is 0 Å². The summed E-state index contributed by atoms with van der Waals surface area (Å²) in [6.07, 6.45) is -3.23. The molecule has 28 heavy (non-hydrogen) atoms. The van der Waals surface area contributed by atoms with E-state index in [1.165, 1.54) is 13.1 Å². The van der Waals surface area contributed by atoms with Crippen molar-refractivity contribution < 1.29 is 26.2 Å². The highest BCUT2D eigenvalue weighted by Gasteiger charge is 2.44. The van der Waals surface area contributed by atoms with Crippen molar-refractivity contribution in [3.05, 3.63) is 23.7 Å². The minimum atomic E-state index is -4.68. The van der Waals surface area contributed by atoms with Gasteiger partial charge in [0.15, 0.2) is 0 Å². The Kier molecular flexibility index (Phi) is 3.31. The Hall–Kier alpha value is -2.85. The Bertz CT molecular complexity index is 1090. The van der Waals surface area contributed by atoms with Crippen LogP contribution in [-0.4, -0.2) is 50.6 Å². The SMILES string of the molecule is [2H]C([2H])([2H])N1CCC(n2cc(Nc3ncc(C(F)(F)F)c(NCC)n3)c(C)n2)(C([2H])([2H])[2H])C1=O. The summed E-state index contributed by atoms with van der Waals surface area (Å²) in [6, 6.07) is 0. The molecular formula is C17H22F3N7O. The maximum absolute atomic E-state index is 13.2. The van der Waals surface area contributed by atoms with Crippen LogP contribution in [0.3, 0.4) is 0 Å². The van der Waals surface area contributed by atoms with Gasteiger partial charge < -0.3 is 15.5 Å². The molecule has 0 aliphatic carbocycles. The van der Waals surface area contributed by atoms with Crippen LogP contribution in [0.1, 0.15) is 39.7 Å². The number of nitrogens with zero attached hydrogens (tertiary/aromatic N) is 5. The van der Waals surface area contributed by atoms with E-state index in [2.05, 4.69) is 25.7 Å². The van der Waals surface area contributed by atoms with Crippen LogP contribution in [0, 0.1) is 6.92 Å². The molecule has 0 saturated carbocycles. The number of likely N-dealkylation sites (tertiary alicyclic amines) is 1. The smallest absolute Gasteiger partial charge is 0.370 e. The number of hydrogen-bond acceptors (Lipinski definition) is 6. The number of hydrogen-bond donors (Lipinski definition) is 2. The van der Waals surface area contributed by atoms with E-state index >= 15 is 0 Å². The molecule has 1 unspecified atom stereocenters. The Balaban J connectivity index is 2.01. The lowest BCUT2D eigenvalue weighted by Crippen LogP contribution is -2.39. The molecule has 0 bridgehead atoms. The third kappa shape index (κ3) is 3.48. The molecule has 11 heteroatoms. The number of nitrogens with one attached hydrogen (secondary N) is 2. The highest BCUT2D eigenvalue weighted by Crippen LogP contribution is 2.35. The fourth-order valence-corrected chi connectivity index (χ4v) is 2.77. The Morgan fingerprint density at radius 2 is 2.21 bits per heavy atom. The van der Waals surface area contributed by atoms with Crippen molar-refractivity contribution in [2.45, 2.75) is 38.8 Å². The number of amides is 1. The van der Waals surface area contributed by atoms with E-state index in [0.717, 1.165) is 4.68 Å². The van der Waals surface area contributed by atoms with Gasteiger partial charge in [0.05, 0.1) is 17.6 Å². The van der Waals surface area contributed by atoms with Crippen molar-refractivity contribution in [1.29, 1.82) is 0 Å². The van der Waals surface area contributed by atoms with Crippen molar-refractivity contribution in [2.24, 2.45) is 0 Å². The molecule has 8 nitrogen and oxygen atoms in total. The van der Waals surface area contributed by atoms with Gasteiger partial charge in [0.25, 0.3) is 0 Å². The van der Waals surface area contributed by atoms with Gasteiger partial charge in [-0.15, -0.1) is 0 Å². The first-order chi connectivity index (χ1) is 15.5. The van der Waals surface area contributed by atoms with Crippen LogP contribution in [0.4, 0.5) is 30.6 Å². The van der Waals surface area contributed by atoms with E-state index in [-0.39, 0.29) is 36.8 Å². The Morgan fingerprint density at radius 3 is 2.82 bits per heavy atom. The molecule has 2 N–H and O–H groups in total. The zero-order valence-corrected chi connectivity index (χ0v) is 15.1. The molecule has 152 valence electrons. The van der Waals surface area contributed by atoms with Crippen molar-refractivity contribution in [3.8, 4) is 0 Å².